The fourth-order valence-electron chi connectivity index (χ4n) is 2.30. The van der Waals surface area contributed by atoms with E-state index in [0.717, 1.165) is 4.90 Å². The molecule has 0 aromatic heterocycles. The minimum atomic E-state index is -0.888. The van der Waals surface area contributed by atoms with Crippen molar-refractivity contribution in [3.05, 3.63) is 63.6 Å². The van der Waals surface area contributed by atoms with Crippen LogP contribution in [0.5, 0.6) is 5.75 Å². The Morgan fingerprint density at radius 3 is 2.44 bits per heavy atom. The first-order valence-electron chi connectivity index (χ1n) is 7.02. The fourth-order valence-corrected chi connectivity index (χ4v) is 2.59. The van der Waals surface area contributed by atoms with Gasteiger partial charge in [0.25, 0.3) is 11.8 Å². The number of hydrogen-bond acceptors (Lipinski definition) is 4. The van der Waals surface area contributed by atoms with Crippen molar-refractivity contribution in [2.45, 2.75) is 0 Å². The third-order valence-corrected chi connectivity index (χ3v) is 4.18. The summed E-state index contributed by atoms with van der Waals surface area (Å²) in [6.07, 6.45) is 1.29. The molecule has 0 bridgehead atoms. The lowest BCUT2D eigenvalue weighted by Crippen LogP contribution is -2.54. The van der Waals surface area contributed by atoms with Gasteiger partial charge in [0.1, 0.15) is 11.3 Å². The van der Waals surface area contributed by atoms with Gasteiger partial charge < -0.3 is 5.11 Å². The lowest BCUT2D eigenvalue weighted by molar-refractivity contribution is -0.122. The Balaban J connectivity index is 2.03. The van der Waals surface area contributed by atoms with Crippen LogP contribution in [0.3, 0.4) is 0 Å². The number of anilines is 1. The van der Waals surface area contributed by atoms with Crippen LogP contribution in [0.25, 0.3) is 6.08 Å². The number of hydrogen-bond donors (Lipinski definition) is 2. The molecule has 6 nitrogen and oxygen atoms in total. The standard InChI is InChI=1S/C17H10Cl2N2O4/c18-13-5-4-10(8-14(13)19)21-16(24)12(15(23)20-17(21)25)7-9-2-1-3-11(22)6-9/h1-8,22H,(H,20,23,25)/b12-7-. The van der Waals surface area contributed by atoms with Crippen LogP contribution in [0.1, 0.15) is 5.56 Å². The molecule has 1 heterocycles. The molecule has 8 heteroatoms. The SMILES string of the molecule is O=C1NC(=O)N(c2ccc(Cl)c(Cl)c2)C(=O)/C1=C\c1cccc(O)c1. The molecule has 0 aliphatic carbocycles. The van der Waals surface area contributed by atoms with Crippen LogP contribution >= 0.6 is 23.2 Å². The minimum Gasteiger partial charge on any atom is -0.508 e. The first-order chi connectivity index (χ1) is 11.9. The van der Waals surface area contributed by atoms with E-state index in [0.29, 0.717) is 5.56 Å². The number of urea groups is 1. The summed E-state index contributed by atoms with van der Waals surface area (Å²) in [5.41, 5.74) is 0.351. The number of phenols is 1. The Labute approximate surface area is 152 Å². The van der Waals surface area contributed by atoms with Crippen molar-refractivity contribution in [2.75, 3.05) is 4.90 Å². The highest BCUT2D eigenvalue weighted by atomic mass is 35.5. The smallest absolute Gasteiger partial charge is 0.335 e. The summed E-state index contributed by atoms with van der Waals surface area (Å²) in [4.78, 5) is 37.6. The summed E-state index contributed by atoms with van der Waals surface area (Å²) in [6, 6.07) is 9.35. The van der Waals surface area contributed by atoms with Gasteiger partial charge in [0.15, 0.2) is 0 Å². The van der Waals surface area contributed by atoms with Gasteiger partial charge in [-0.3, -0.25) is 14.9 Å². The van der Waals surface area contributed by atoms with Crippen LogP contribution < -0.4 is 10.2 Å². The second-order valence-corrected chi connectivity index (χ2v) is 5.97. The normalized spacial score (nSPS) is 16.3. The van der Waals surface area contributed by atoms with Crippen molar-refractivity contribution in [1.82, 2.24) is 5.32 Å². The predicted molar refractivity (Wildman–Crippen MR) is 93.6 cm³/mol. The van der Waals surface area contributed by atoms with Gasteiger partial charge in [-0.15, -0.1) is 0 Å². The topological polar surface area (TPSA) is 86.7 Å². The lowest BCUT2D eigenvalue weighted by Gasteiger charge is -2.26. The van der Waals surface area contributed by atoms with Gasteiger partial charge in [0, 0.05) is 0 Å². The Kier molecular flexibility index (Phi) is 4.48. The zero-order valence-corrected chi connectivity index (χ0v) is 14.0. The molecule has 3 rings (SSSR count). The summed E-state index contributed by atoms with van der Waals surface area (Å²) in [7, 11) is 0. The summed E-state index contributed by atoms with van der Waals surface area (Å²) < 4.78 is 0. The molecular formula is C17H10Cl2N2O4. The van der Waals surface area contributed by atoms with Gasteiger partial charge in [-0.05, 0) is 42.0 Å². The highest BCUT2D eigenvalue weighted by Gasteiger charge is 2.36. The number of benzene rings is 2. The molecule has 0 saturated carbocycles. The second kappa shape index (κ2) is 6.58. The van der Waals surface area contributed by atoms with E-state index in [-0.39, 0.29) is 27.1 Å². The van der Waals surface area contributed by atoms with Crippen LogP contribution in [0.15, 0.2) is 48.0 Å². The maximum atomic E-state index is 12.7. The number of phenolic OH excluding ortho intramolecular Hbond substituents is 1. The van der Waals surface area contributed by atoms with E-state index in [4.69, 9.17) is 23.2 Å². The van der Waals surface area contributed by atoms with Gasteiger partial charge in [0.05, 0.1) is 15.7 Å². The summed E-state index contributed by atoms with van der Waals surface area (Å²) in [5, 5.41) is 12.0. The van der Waals surface area contributed by atoms with Crippen LogP contribution in [-0.4, -0.2) is 23.0 Å². The van der Waals surface area contributed by atoms with E-state index in [1.807, 2.05) is 0 Å². The van der Waals surface area contributed by atoms with E-state index in [1.165, 1.54) is 36.4 Å². The number of nitrogens with one attached hydrogen (secondary N) is 1. The largest absolute Gasteiger partial charge is 0.508 e. The maximum absolute atomic E-state index is 12.7. The summed E-state index contributed by atoms with van der Waals surface area (Å²) >= 11 is 11.8. The third-order valence-electron chi connectivity index (χ3n) is 3.44. The number of aromatic hydroxyl groups is 1. The number of rotatable bonds is 2. The molecule has 126 valence electrons. The predicted octanol–water partition coefficient (Wildman–Crippen LogP) is 3.37. The Morgan fingerprint density at radius 2 is 1.76 bits per heavy atom. The van der Waals surface area contributed by atoms with Crippen LogP contribution in [-0.2, 0) is 9.59 Å². The maximum Gasteiger partial charge on any atom is 0.335 e. The van der Waals surface area contributed by atoms with Crippen LogP contribution in [0, 0.1) is 0 Å². The molecule has 0 unspecified atom stereocenters. The number of halogens is 2. The van der Waals surface area contributed by atoms with Gasteiger partial charge in [-0.2, -0.15) is 0 Å². The van der Waals surface area contributed by atoms with Crippen molar-refractivity contribution in [3.8, 4) is 5.75 Å². The number of carbonyl (C=O) groups is 3. The second-order valence-electron chi connectivity index (χ2n) is 5.15. The quantitative estimate of drug-likeness (QED) is 0.621. The van der Waals surface area contributed by atoms with E-state index in [1.54, 1.807) is 12.1 Å². The van der Waals surface area contributed by atoms with Crippen molar-refractivity contribution in [1.29, 1.82) is 0 Å². The van der Waals surface area contributed by atoms with Crippen LogP contribution in [0.2, 0.25) is 10.0 Å². The monoisotopic (exact) mass is 376 g/mol. The lowest BCUT2D eigenvalue weighted by atomic mass is 10.1. The van der Waals surface area contributed by atoms with Crippen LogP contribution in [0.4, 0.5) is 10.5 Å². The first kappa shape index (κ1) is 17.0. The zero-order chi connectivity index (χ0) is 18.1. The molecule has 0 atom stereocenters. The third kappa shape index (κ3) is 3.35. The van der Waals surface area contributed by atoms with Gasteiger partial charge >= 0.3 is 6.03 Å². The van der Waals surface area contributed by atoms with Crippen molar-refractivity contribution in [3.63, 3.8) is 0 Å². The number of amides is 4. The summed E-state index contributed by atoms with van der Waals surface area (Å²) in [6.45, 7) is 0. The highest BCUT2D eigenvalue weighted by Crippen LogP contribution is 2.29. The summed E-state index contributed by atoms with van der Waals surface area (Å²) in [5.74, 6) is -1.65. The molecule has 2 N–H and O–H groups in total. The average Bonchev–Trinajstić information content (AvgIpc) is 2.55. The molecule has 1 aliphatic rings. The number of imide groups is 2. The molecule has 4 amide bonds. The molecule has 0 spiro atoms. The molecule has 1 saturated heterocycles. The molecule has 1 aliphatic heterocycles. The van der Waals surface area contributed by atoms with E-state index in [9.17, 15) is 19.5 Å². The molecule has 1 fully saturated rings. The van der Waals surface area contributed by atoms with Crippen molar-refractivity contribution < 1.29 is 19.5 Å². The van der Waals surface area contributed by atoms with Gasteiger partial charge in [-0.25, -0.2) is 9.69 Å². The van der Waals surface area contributed by atoms with Crippen molar-refractivity contribution >= 4 is 52.8 Å². The van der Waals surface area contributed by atoms with E-state index in [2.05, 4.69) is 5.32 Å². The number of nitrogens with zero attached hydrogens (tertiary/aromatic N) is 1. The Bertz CT molecular complexity index is 940. The number of barbiturate groups is 1. The average molecular weight is 377 g/mol. The molecular weight excluding hydrogens is 367 g/mol. The molecule has 25 heavy (non-hydrogen) atoms. The Morgan fingerprint density at radius 1 is 1.00 bits per heavy atom. The van der Waals surface area contributed by atoms with Crippen molar-refractivity contribution in [2.24, 2.45) is 0 Å². The first-order valence-corrected chi connectivity index (χ1v) is 7.78. The van der Waals surface area contributed by atoms with E-state index < -0.39 is 17.8 Å². The zero-order valence-electron chi connectivity index (χ0n) is 12.5. The molecule has 2 aromatic carbocycles. The highest BCUT2D eigenvalue weighted by molar-refractivity contribution is 6.43. The fraction of sp³-hybridized carbons (Fsp3) is 0. The molecule has 2 aromatic rings. The molecule has 0 radical (unpaired) electrons. The number of carbonyl (C=O) groups excluding carboxylic acids is 3. The minimum absolute atomic E-state index is 0.0181. The Hall–Kier alpha value is -2.83. The van der Waals surface area contributed by atoms with Gasteiger partial charge in [-0.1, -0.05) is 35.3 Å². The van der Waals surface area contributed by atoms with E-state index >= 15 is 0 Å². The van der Waals surface area contributed by atoms with Gasteiger partial charge in [0.2, 0.25) is 0 Å².